The monoisotopic (exact) mass is 715 g/mol. The van der Waals surface area contributed by atoms with E-state index in [-0.39, 0.29) is 5.41 Å². The van der Waals surface area contributed by atoms with Gasteiger partial charge < -0.3 is 4.90 Å². The van der Waals surface area contributed by atoms with Crippen molar-refractivity contribution < 1.29 is 0 Å². The Labute approximate surface area is 329 Å². The Bertz CT molecular complexity index is 2890. The van der Waals surface area contributed by atoms with Crippen molar-refractivity contribution in [2.75, 3.05) is 4.90 Å². The van der Waals surface area contributed by atoms with Gasteiger partial charge in [-0.1, -0.05) is 196 Å². The maximum Gasteiger partial charge on any atom is 0.0540 e. The molecule has 1 aliphatic rings. The van der Waals surface area contributed by atoms with Crippen molar-refractivity contribution in [2.45, 2.75) is 19.3 Å². The van der Waals surface area contributed by atoms with Crippen molar-refractivity contribution in [2.24, 2.45) is 0 Å². The van der Waals surface area contributed by atoms with E-state index in [0.717, 1.165) is 17.1 Å². The number of para-hydroxylation sites is 1. The summed E-state index contributed by atoms with van der Waals surface area (Å²) >= 11 is 0. The molecule has 0 aliphatic heterocycles. The predicted molar refractivity (Wildman–Crippen MR) is 238 cm³/mol. The van der Waals surface area contributed by atoms with Crippen LogP contribution in [0.25, 0.3) is 66.4 Å². The van der Waals surface area contributed by atoms with Gasteiger partial charge in [0.25, 0.3) is 0 Å². The van der Waals surface area contributed by atoms with Gasteiger partial charge in [0.15, 0.2) is 0 Å². The second kappa shape index (κ2) is 13.7. The normalized spacial score (nSPS) is 12.6. The zero-order valence-electron chi connectivity index (χ0n) is 31.7. The molecule has 0 saturated heterocycles. The molecule has 0 bridgehead atoms. The lowest BCUT2D eigenvalue weighted by molar-refractivity contribution is 0.660. The molecular weight excluding hydrogens is 675 g/mol. The van der Waals surface area contributed by atoms with Crippen LogP contribution < -0.4 is 4.90 Å². The Hall–Kier alpha value is -6.96. The number of benzene rings is 9. The fourth-order valence-corrected chi connectivity index (χ4v) is 9.00. The highest BCUT2D eigenvalue weighted by atomic mass is 15.1. The molecule has 0 spiro atoms. The summed E-state index contributed by atoms with van der Waals surface area (Å²) in [5.74, 6) is 0. The van der Waals surface area contributed by atoms with Crippen LogP contribution in [0, 0.1) is 0 Å². The van der Waals surface area contributed by atoms with Crippen molar-refractivity contribution in [1.29, 1.82) is 0 Å². The first-order chi connectivity index (χ1) is 27.6. The molecule has 0 radical (unpaired) electrons. The number of anilines is 3. The largest absolute Gasteiger partial charge is 0.310 e. The van der Waals surface area contributed by atoms with E-state index in [4.69, 9.17) is 0 Å². The van der Waals surface area contributed by atoms with Crippen LogP contribution in [-0.4, -0.2) is 0 Å². The lowest BCUT2D eigenvalue weighted by Gasteiger charge is -2.30. The third kappa shape index (κ3) is 5.63. The fourth-order valence-electron chi connectivity index (χ4n) is 9.00. The summed E-state index contributed by atoms with van der Waals surface area (Å²) in [7, 11) is 0. The van der Waals surface area contributed by atoms with Gasteiger partial charge >= 0.3 is 0 Å². The van der Waals surface area contributed by atoms with Crippen LogP contribution in [0.1, 0.15) is 25.0 Å². The topological polar surface area (TPSA) is 3.24 Å². The van der Waals surface area contributed by atoms with E-state index in [0.29, 0.717) is 0 Å². The van der Waals surface area contributed by atoms with E-state index in [1.807, 2.05) is 0 Å². The Balaban J connectivity index is 1.20. The van der Waals surface area contributed by atoms with E-state index in [1.54, 1.807) is 0 Å². The number of nitrogens with zero attached hydrogens (tertiary/aromatic N) is 1. The average molecular weight is 716 g/mol. The summed E-state index contributed by atoms with van der Waals surface area (Å²) in [6.07, 6.45) is 0. The smallest absolute Gasteiger partial charge is 0.0540 e. The molecule has 1 aliphatic carbocycles. The Morgan fingerprint density at radius 2 is 0.839 bits per heavy atom. The SMILES string of the molecule is CC1(C)c2ccccc2-c2cc(N(c3cccc(-c4cccc5ccccc45)c3)c3ccccc3-c3ccccc3-c3ccccc3-c3ccccc3)ccc21. The first-order valence-electron chi connectivity index (χ1n) is 19.5. The maximum atomic E-state index is 2.47. The molecular formula is C55H41N. The lowest BCUT2D eigenvalue weighted by Crippen LogP contribution is -2.15. The van der Waals surface area contributed by atoms with Crippen LogP contribution in [0.4, 0.5) is 17.1 Å². The summed E-state index contributed by atoms with van der Waals surface area (Å²) < 4.78 is 0. The number of hydrogen-bond acceptors (Lipinski definition) is 1. The molecule has 0 unspecified atom stereocenters. The van der Waals surface area contributed by atoms with Crippen LogP contribution in [-0.2, 0) is 5.41 Å². The molecule has 0 fully saturated rings. The highest BCUT2D eigenvalue weighted by Crippen LogP contribution is 2.52. The highest BCUT2D eigenvalue weighted by Gasteiger charge is 2.35. The van der Waals surface area contributed by atoms with Crippen molar-refractivity contribution in [3.8, 4) is 55.6 Å². The van der Waals surface area contributed by atoms with Crippen LogP contribution in [0.3, 0.4) is 0 Å². The van der Waals surface area contributed by atoms with E-state index >= 15 is 0 Å². The average Bonchev–Trinajstić information content (AvgIpc) is 3.49. The molecule has 9 aromatic carbocycles. The third-order valence-corrected chi connectivity index (χ3v) is 11.7. The second-order valence-electron chi connectivity index (χ2n) is 15.3. The van der Waals surface area contributed by atoms with Gasteiger partial charge in [0.05, 0.1) is 5.69 Å². The van der Waals surface area contributed by atoms with Gasteiger partial charge in [-0.2, -0.15) is 0 Å². The van der Waals surface area contributed by atoms with Gasteiger partial charge in [0.2, 0.25) is 0 Å². The van der Waals surface area contributed by atoms with Gasteiger partial charge in [-0.3, -0.25) is 0 Å². The van der Waals surface area contributed by atoms with Gasteiger partial charge in [0, 0.05) is 22.4 Å². The molecule has 10 rings (SSSR count). The minimum Gasteiger partial charge on any atom is -0.310 e. The number of fused-ring (bicyclic) bond motifs is 4. The van der Waals surface area contributed by atoms with E-state index in [9.17, 15) is 0 Å². The summed E-state index contributed by atoms with van der Waals surface area (Å²) in [5.41, 5.74) is 18.3. The van der Waals surface area contributed by atoms with E-state index in [2.05, 4.69) is 231 Å². The van der Waals surface area contributed by atoms with Crippen LogP contribution in [0.15, 0.2) is 212 Å². The fraction of sp³-hybridized carbons (Fsp3) is 0.0545. The van der Waals surface area contributed by atoms with Crippen LogP contribution in [0.5, 0.6) is 0 Å². The second-order valence-corrected chi connectivity index (χ2v) is 15.3. The zero-order valence-corrected chi connectivity index (χ0v) is 31.7. The molecule has 1 heteroatoms. The van der Waals surface area contributed by atoms with Crippen LogP contribution >= 0.6 is 0 Å². The third-order valence-electron chi connectivity index (χ3n) is 11.7. The van der Waals surface area contributed by atoms with Crippen LogP contribution in [0.2, 0.25) is 0 Å². The van der Waals surface area contributed by atoms with Crippen molar-refractivity contribution in [3.05, 3.63) is 223 Å². The number of hydrogen-bond donors (Lipinski definition) is 0. The standard InChI is InChI=1S/C55H41N/c1-55(2)52-32-14-12-29-49(52)51-37-42(34-35-53(51)55)56(41-23-16-22-40(36-41)45-31-17-21-39-20-6-7-24-43(39)45)54-33-15-13-30-50(54)48-28-11-10-27-47(48)46-26-9-8-25-44(46)38-18-4-3-5-19-38/h3-37H,1-2H3. The summed E-state index contributed by atoms with van der Waals surface area (Å²) in [5, 5.41) is 2.49. The molecule has 56 heavy (non-hydrogen) atoms. The molecule has 0 amide bonds. The van der Waals surface area contributed by atoms with Crippen molar-refractivity contribution in [3.63, 3.8) is 0 Å². The minimum atomic E-state index is -0.0768. The summed E-state index contributed by atoms with van der Waals surface area (Å²) in [6.45, 7) is 4.70. The first kappa shape index (κ1) is 33.6. The maximum absolute atomic E-state index is 2.47. The molecule has 0 N–H and O–H groups in total. The van der Waals surface area contributed by atoms with Gasteiger partial charge in [-0.15, -0.1) is 0 Å². The Morgan fingerprint density at radius 3 is 1.64 bits per heavy atom. The minimum absolute atomic E-state index is 0.0768. The van der Waals surface area contributed by atoms with E-state index < -0.39 is 0 Å². The van der Waals surface area contributed by atoms with Crippen molar-refractivity contribution in [1.82, 2.24) is 0 Å². The van der Waals surface area contributed by atoms with Gasteiger partial charge in [0.1, 0.15) is 0 Å². The predicted octanol–water partition coefficient (Wildman–Crippen LogP) is 15.3. The molecule has 266 valence electrons. The van der Waals surface area contributed by atoms with E-state index in [1.165, 1.54) is 77.5 Å². The number of rotatable bonds is 7. The Kier molecular flexibility index (Phi) is 8.23. The molecule has 0 saturated carbocycles. The summed E-state index contributed by atoms with van der Waals surface area (Å²) in [4.78, 5) is 2.47. The Morgan fingerprint density at radius 1 is 0.321 bits per heavy atom. The molecule has 9 aromatic rings. The summed E-state index contributed by atoms with van der Waals surface area (Å²) in [6, 6.07) is 77.7. The lowest BCUT2D eigenvalue weighted by atomic mass is 9.82. The first-order valence-corrected chi connectivity index (χ1v) is 19.5. The molecule has 0 atom stereocenters. The highest BCUT2D eigenvalue weighted by molar-refractivity contribution is 6.00. The van der Waals surface area contributed by atoms with Crippen molar-refractivity contribution >= 4 is 27.8 Å². The quantitative estimate of drug-likeness (QED) is 0.159. The van der Waals surface area contributed by atoms with Gasteiger partial charge in [-0.25, -0.2) is 0 Å². The zero-order chi connectivity index (χ0) is 37.6. The molecule has 0 aromatic heterocycles. The van der Waals surface area contributed by atoms with Gasteiger partial charge in [-0.05, 0) is 102 Å². The molecule has 0 heterocycles. The molecule has 1 nitrogen and oxygen atoms in total.